The Bertz CT molecular complexity index is 793. The lowest BCUT2D eigenvalue weighted by atomic mass is 10.1. The largest absolute Gasteiger partial charge is 0.460 e. The average molecular weight is 383 g/mol. The van der Waals surface area contributed by atoms with Crippen LogP contribution in [0.4, 0.5) is 24.7 Å². The van der Waals surface area contributed by atoms with Crippen molar-refractivity contribution in [3.05, 3.63) is 63.8 Å². The summed E-state index contributed by atoms with van der Waals surface area (Å²) in [5, 5.41) is 13.6. The lowest BCUT2D eigenvalue weighted by Crippen LogP contribution is -2.26. The van der Waals surface area contributed by atoms with Crippen LogP contribution in [0.15, 0.2) is 42.6 Å². The van der Waals surface area contributed by atoms with Gasteiger partial charge in [0.05, 0.1) is 22.1 Å². The molecule has 0 aliphatic heterocycles. The third-order valence-corrected chi connectivity index (χ3v) is 3.67. The number of pyridine rings is 1. The van der Waals surface area contributed by atoms with Gasteiger partial charge in [0.25, 0.3) is 5.69 Å². The molecule has 0 aliphatic rings. The SMILES string of the molecule is CCC(COC(=O)c1ccc(C(F)(F)F)cc1)Nc1ccc([N+](=O)[O-])cn1. The molecule has 1 atom stereocenters. The van der Waals surface area contributed by atoms with Crippen LogP contribution in [0.2, 0.25) is 0 Å². The number of hydrogen-bond acceptors (Lipinski definition) is 6. The smallest absolute Gasteiger partial charge is 0.416 e. The van der Waals surface area contributed by atoms with E-state index in [9.17, 15) is 28.1 Å². The molecule has 0 fully saturated rings. The van der Waals surface area contributed by atoms with Crippen molar-refractivity contribution in [3.8, 4) is 0 Å². The maximum Gasteiger partial charge on any atom is 0.416 e. The first kappa shape index (κ1) is 20.1. The van der Waals surface area contributed by atoms with E-state index in [-0.39, 0.29) is 23.9 Å². The van der Waals surface area contributed by atoms with Crippen molar-refractivity contribution in [3.63, 3.8) is 0 Å². The number of alkyl halides is 3. The lowest BCUT2D eigenvalue weighted by molar-refractivity contribution is -0.385. The topological polar surface area (TPSA) is 94.4 Å². The summed E-state index contributed by atoms with van der Waals surface area (Å²) in [6.45, 7) is 1.78. The average Bonchev–Trinajstić information content (AvgIpc) is 2.64. The van der Waals surface area contributed by atoms with Gasteiger partial charge in [0, 0.05) is 6.07 Å². The Morgan fingerprint density at radius 3 is 2.41 bits per heavy atom. The summed E-state index contributed by atoms with van der Waals surface area (Å²) >= 11 is 0. The number of carbonyl (C=O) groups is 1. The van der Waals surface area contributed by atoms with Gasteiger partial charge < -0.3 is 10.1 Å². The first-order valence-corrected chi connectivity index (χ1v) is 7.92. The minimum Gasteiger partial charge on any atom is -0.460 e. The van der Waals surface area contributed by atoms with Gasteiger partial charge in [-0.3, -0.25) is 10.1 Å². The molecule has 1 aromatic heterocycles. The van der Waals surface area contributed by atoms with Crippen LogP contribution < -0.4 is 5.32 Å². The van der Waals surface area contributed by atoms with Crippen molar-refractivity contribution >= 4 is 17.5 Å². The van der Waals surface area contributed by atoms with Crippen LogP contribution in [0.3, 0.4) is 0 Å². The van der Waals surface area contributed by atoms with Gasteiger partial charge in [0.2, 0.25) is 0 Å². The third kappa shape index (κ3) is 5.66. The lowest BCUT2D eigenvalue weighted by Gasteiger charge is -2.17. The molecule has 2 rings (SSSR count). The number of nitrogens with zero attached hydrogens (tertiary/aromatic N) is 2. The molecule has 1 unspecified atom stereocenters. The Hall–Kier alpha value is -3.17. The summed E-state index contributed by atoms with van der Waals surface area (Å²) in [5.41, 5.74) is -0.995. The molecule has 0 saturated carbocycles. The highest BCUT2D eigenvalue weighted by atomic mass is 19.4. The van der Waals surface area contributed by atoms with Gasteiger partial charge in [0.1, 0.15) is 18.6 Å². The zero-order chi connectivity index (χ0) is 20.0. The summed E-state index contributed by atoms with van der Waals surface area (Å²) in [6, 6.07) is 6.13. The van der Waals surface area contributed by atoms with Gasteiger partial charge in [-0.05, 0) is 36.8 Å². The molecule has 0 amide bonds. The molecule has 144 valence electrons. The number of rotatable bonds is 7. The van der Waals surface area contributed by atoms with E-state index < -0.39 is 22.6 Å². The molecule has 2 aromatic rings. The second-order valence-corrected chi connectivity index (χ2v) is 5.58. The van der Waals surface area contributed by atoms with Gasteiger partial charge in [-0.15, -0.1) is 0 Å². The number of aromatic nitrogens is 1. The normalized spacial score (nSPS) is 12.3. The van der Waals surface area contributed by atoms with Crippen molar-refractivity contribution in [1.82, 2.24) is 4.98 Å². The van der Waals surface area contributed by atoms with E-state index in [1.807, 2.05) is 6.92 Å². The molecule has 10 heteroatoms. The summed E-state index contributed by atoms with van der Waals surface area (Å²) < 4.78 is 42.7. The second kappa shape index (κ2) is 8.47. The number of carbonyl (C=O) groups excluding carboxylic acids is 1. The number of ether oxygens (including phenoxy) is 1. The summed E-state index contributed by atoms with van der Waals surface area (Å²) in [5.74, 6) is -0.376. The Morgan fingerprint density at radius 2 is 1.93 bits per heavy atom. The van der Waals surface area contributed by atoms with E-state index in [1.54, 1.807) is 0 Å². The van der Waals surface area contributed by atoms with Crippen LogP contribution in [0.5, 0.6) is 0 Å². The van der Waals surface area contributed by atoms with Gasteiger partial charge in [-0.2, -0.15) is 13.2 Å². The van der Waals surface area contributed by atoms with Crippen LogP contribution in [-0.4, -0.2) is 28.5 Å². The van der Waals surface area contributed by atoms with Gasteiger partial charge in [0.15, 0.2) is 0 Å². The predicted octanol–water partition coefficient (Wildman–Crippen LogP) is 4.06. The molecule has 0 radical (unpaired) electrons. The van der Waals surface area contributed by atoms with Gasteiger partial charge >= 0.3 is 12.1 Å². The van der Waals surface area contributed by atoms with Crippen LogP contribution in [-0.2, 0) is 10.9 Å². The number of hydrogen-bond donors (Lipinski definition) is 1. The van der Waals surface area contributed by atoms with Crippen molar-refractivity contribution in [2.45, 2.75) is 25.6 Å². The molecule has 1 aromatic carbocycles. The number of esters is 1. The van der Waals surface area contributed by atoms with E-state index >= 15 is 0 Å². The Kier molecular flexibility index (Phi) is 6.32. The zero-order valence-electron chi connectivity index (χ0n) is 14.2. The van der Waals surface area contributed by atoms with E-state index in [2.05, 4.69) is 10.3 Å². The van der Waals surface area contributed by atoms with Crippen LogP contribution in [0.1, 0.15) is 29.3 Å². The summed E-state index contributed by atoms with van der Waals surface area (Å²) in [7, 11) is 0. The number of benzene rings is 1. The minimum atomic E-state index is -4.47. The first-order valence-electron chi connectivity index (χ1n) is 7.92. The molecule has 0 spiro atoms. The molecule has 7 nitrogen and oxygen atoms in total. The Labute approximate surface area is 152 Å². The molecule has 1 N–H and O–H groups in total. The maximum atomic E-state index is 12.5. The molecular formula is C17H16F3N3O4. The number of anilines is 1. The second-order valence-electron chi connectivity index (χ2n) is 5.58. The monoisotopic (exact) mass is 383 g/mol. The number of nitrogens with one attached hydrogen (secondary N) is 1. The van der Waals surface area contributed by atoms with Crippen LogP contribution in [0, 0.1) is 10.1 Å². The highest BCUT2D eigenvalue weighted by molar-refractivity contribution is 5.89. The van der Waals surface area contributed by atoms with Crippen molar-refractivity contribution in [2.75, 3.05) is 11.9 Å². The number of halogens is 3. The standard InChI is InChI=1S/C17H16F3N3O4/c1-2-13(22-15-8-7-14(9-21-15)23(25)26)10-27-16(24)11-3-5-12(6-4-11)17(18,19)20/h3-9,13H,2,10H2,1H3,(H,21,22). The molecular weight excluding hydrogens is 367 g/mol. The van der Waals surface area contributed by atoms with Gasteiger partial charge in [-0.25, -0.2) is 9.78 Å². The highest BCUT2D eigenvalue weighted by Crippen LogP contribution is 2.29. The summed E-state index contributed by atoms with van der Waals surface area (Å²) in [6.07, 6.45) is -2.82. The fraction of sp³-hybridized carbons (Fsp3) is 0.294. The predicted molar refractivity (Wildman–Crippen MR) is 90.3 cm³/mol. The molecule has 0 aliphatic carbocycles. The van der Waals surface area contributed by atoms with E-state index in [0.29, 0.717) is 12.2 Å². The fourth-order valence-corrected chi connectivity index (χ4v) is 2.11. The molecule has 27 heavy (non-hydrogen) atoms. The minimum absolute atomic E-state index is 0.00585. The van der Waals surface area contributed by atoms with Crippen molar-refractivity contribution in [2.24, 2.45) is 0 Å². The number of nitro groups is 1. The van der Waals surface area contributed by atoms with E-state index in [0.717, 1.165) is 30.5 Å². The first-order chi connectivity index (χ1) is 12.7. The third-order valence-electron chi connectivity index (χ3n) is 3.67. The highest BCUT2D eigenvalue weighted by Gasteiger charge is 2.30. The van der Waals surface area contributed by atoms with E-state index in [4.69, 9.17) is 4.74 Å². The van der Waals surface area contributed by atoms with Crippen molar-refractivity contribution in [1.29, 1.82) is 0 Å². The Balaban J connectivity index is 1.92. The van der Waals surface area contributed by atoms with Crippen LogP contribution in [0.25, 0.3) is 0 Å². The zero-order valence-corrected chi connectivity index (χ0v) is 14.2. The molecule has 0 saturated heterocycles. The fourth-order valence-electron chi connectivity index (χ4n) is 2.11. The van der Waals surface area contributed by atoms with Crippen molar-refractivity contribution < 1.29 is 27.6 Å². The summed E-state index contributed by atoms with van der Waals surface area (Å²) in [4.78, 5) is 25.9. The molecule has 1 heterocycles. The Morgan fingerprint density at radius 1 is 1.26 bits per heavy atom. The van der Waals surface area contributed by atoms with Crippen LogP contribution >= 0.6 is 0 Å². The maximum absolute atomic E-state index is 12.5. The quantitative estimate of drug-likeness (QED) is 0.440. The van der Waals surface area contributed by atoms with E-state index in [1.165, 1.54) is 12.1 Å². The van der Waals surface area contributed by atoms with Gasteiger partial charge in [-0.1, -0.05) is 6.92 Å². The molecule has 0 bridgehead atoms.